The first-order valence-corrected chi connectivity index (χ1v) is 5.41. The van der Waals surface area contributed by atoms with Crippen LogP contribution in [-0.2, 0) is 4.79 Å². The molecular weight excluding hydrogens is 256 g/mol. The molecule has 0 spiro atoms. The van der Waals surface area contributed by atoms with E-state index < -0.39 is 24.4 Å². The van der Waals surface area contributed by atoms with Gasteiger partial charge in [0.2, 0.25) is 5.91 Å². The smallest absolute Gasteiger partial charge is 0.235 e. The number of hydrogen-bond acceptors (Lipinski definition) is 2. The molecule has 0 aliphatic heterocycles. The predicted octanol–water partition coefficient (Wildman–Crippen LogP) is 1.87. The first kappa shape index (κ1) is 13.2. The molecule has 0 aliphatic carbocycles. The Bertz CT molecular complexity index is 387. The van der Waals surface area contributed by atoms with Crippen molar-refractivity contribution >= 4 is 29.1 Å². The maximum absolute atomic E-state index is 13.6. The van der Waals surface area contributed by atoms with Gasteiger partial charge in [0.1, 0.15) is 11.7 Å². The molecule has 0 radical (unpaired) electrons. The molecule has 0 heterocycles. The van der Waals surface area contributed by atoms with Gasteiger partial charge in [0.15, 0.2) is 0 Å². The predicted molar refractivity (Wildman–Crippen MR) is 60.1 cm³/mol. The van der Waals surface area contributed by atoms with Crippen LogP contribution in [0.2, 0.25) is 5.02 Å². The van der Waals surface area contributed by atoms with Gasteiger partial charge in [-0.25, -0.2) is 4.39 Å². The van der Waals surface area contributed by atoms with Crippen molar-refractivity contribution in [1.29, 1.82) is 0 Å². The third kappa shape index (κ3) is 3.07. The van der Waals surface area contributed by atoms with Gasteiger partial charge in [-0.15, -0.1) is 11.6 Å². The molecule has 1 atom stereocenters. The fraction of sp³-hybridized carbons (Fsp3) is 0.300. The molecule has 6 heteroatoms. The Labute approximate surface area is 102 Å². The zero-order chi connectivity index (χ0) is 12.1. The van der Waals surface area contributed by atoms with Gasteiger partial charge >= 0.3 is 0 Å². The summed E-state index contributed by atoms with van der Waals surface area (Å²) in [6, 6.07) is 3.52. The Balaban J connectivity index is 2.95. The van der Waals surface area contributed by atoms with Crippen molar-refractivity contribution in [2.75, 3.05) is 12.5 Å². The second-order valence-corrected chi connectivity index (χ2v) is 3.75. The summed E-state index contributed by atoms with van der Waals surface area (Å²) in [4.78, 5) is 11.0. The molecule has 3 nitrogen and oxygen atoms in total. The van der Waals surface area contributed by atoms with E-state index in [1.165, 1.54) is 18.2 Å². The van der Waals surface area contributed by atoms with E-state index in [1.54, 1.807) is 0 Å². The van der Waals surface area contributed by atoms with Gasteiger partial charge in [0.05, 0.1) is 17.7 Å². The summed E-state index contributed by atoms with van der Waals surface area (Å²) >= 11 is 10.9. The third-order valence-corrected chi connectivity index (χ3v) is 2.53. The summed E-state index contributed by atoms with van der Waals surface area (Å²) < 4.78 is 13.6. The molecule has 1 aromatic carbocycles. The number of aliphatic hydroxyl groups is 1. The molecule has 0 aromatic heterocycles. The lowest BCUT2D eigenvalue weighted by Gasteiger charge is -2.17. The number of nitrogens with one attached hydrogen (secondary N) is 1. The third-order valence-electron chi connectivity index (χ3n) is 2.00. The van der Waals surface area contributed by atoms with E-state index in [4.69, 9.17) is 28.3 Å². The summed E-state index contributed by atoms with van der Waals surface area (Å²) in [5.41, 5.74) is 0.133. The number of rotatable bonds is 4. The molecule has 0 bridgehead atoms. The Morgan fingerprint density at radius 1 is 1.56 bits per heavy atom. The van der Waals surface area contributed by atoms with Gasteiger partial charge in [-0.3, -0.25) is 4.79 Å². The number of benzene rings is 1. The highest BCUT2D eigenvalue weighted by Crippen LogP contribution is 2.23. The van der Waals surface area contributed by atoms with Crippen molar-refractivity contribution in [3.05, 3.63) is 34.6 Å². The van der Waals surface area contributed by atoms with Crippen molar-refractivity contribution in [3.8, 4) is 0 Å². The van der Waals surface area contributed by atoms with Crippen LogP contribution in [0.4, 0.5) is 4.39 Å². The van der Waals surface area contributed by atoms with E-state index in [0.29, 0.717) is 0 Å². The average molecular weight is 266 g/mol. The van der Waals surface area contributed by atoms with Gasteiger partial charge in [-0.1, -0.05) is 23.7 Å². The Hall–Kier alpha value is -0.840. The first-order valence-electron chi connectivity index (χ1n) is 4.50. The van der Waals surface area contributed by atoms with Crippen LogP contribution < -0.4 is 5.32 Å². The number of carbonyl (C=O) groups excluding carboxylic acids is 1. The quantitative estimate of drug-likeness (QED) is 0.817. The molecule has 0 saturated heterocycles. The summed E-state index contributed by atoms with van der Waals surface area (Å²) in [6.45, 7) is -0.431. The van der Waals surface area contributed by atoms with Gasteiger partial charge in [0, 0.05) is 5.56 Å². The van der Waals surface area contributed by atoms with E-state index >= 15 is 0 Å². The van der Waals surface area contributed by atoms with Crippen LogP contribution in [0.25, 0.3) is 0 Å². The second kappa shape index (κ2) is 6.03. The SMILES string of the molecule is O=C(CCl)N[C@H](CO)c1cccc(Cl)c1F. The Kier molecular flexibility index (Phi) is 4.99. The minimum Gasteiger partial charge on any atom is -0.394 e. The summed E-state index contributed by atoms with van der Waals surface area (Å²) in [6.07, 6.45) is 0. The molecule has 0 fully saturated rings. The van der Waals surface area contributed by atoms with Gasteiger partial charge in [0.25, 0.3) is 0 Å². The van der Waals surface area contributed by atoms with E-state index in [1.807, 2.05) is 0 Å². The molecule has 16 heavy (non-hydrogen) atoms. The van der Waals surface area contributed by atoms with Crippen LogP contribution in [0.1, 0.15) is 11.6 Å². The minimum atomic E-state index is -0.843. The highest BCUT2D eigenvalue weighted by molar-refractivity contribution is 6.30. The number of carbonyl (C=O) groups is 1. The maximum Gasteiger partial charge on any atom is 0.235 e. The fourth-order valence-corrected chi connectivity index (χ4v) is 1.50. The monoisotopic (exact) mass is 265 g/mol. The molecule has 1 rings (SSSR count). The molecule has 0 aliphatic rings. The normalized spacial score (nSPS) is 12.2. The number of hydrogen-bond donors (Lipinski definition) is 2. The Morgan fingerprint density at radius 2 is 2.25 bits per heavy atom. The summed E-state index contributed by atoms with van der Waals surface area (Å²) in [7, 11) is 0. The largest absolute Gasteiger partial charge is 0.394 e. The Morgan fingerprint density at radius 3 is 2.81 bits per heavy atom. The van der Waals surface area contributed by atoms with Crippen LogP contribution in [0.3, 0.4) is 0 Å². The van der Waals surface area contributed by atoms with Crippen molar-refractivity contribution in [3.63, 3.8) is 0 Å². The molecule has 2 N–H and O–H groups in total. The zero-order valence-electron chi connectivity index (χ0n) is 8.21. The van der Waals surface area contributed by atoms with E-state index in [0.717, 1.165) is 0 Å². The molecule has 1 amide bonds. The fourth-order valence-electron chi connectivity index (χ4n) is 1.24. The number of aliphatic hydroxyl groups excluding tert-OH is 1. The van der Waals surface area contributed by atoms with Crippen LogP contribution in [0, 0.1) is 5.82 Å². The van der Waals surface area contributed by atoms with Crippen molar-refractivity contribution < 1.29 is 14.3 Å². The topological polar surface area (TPSA) is 49.3 Å². The van der Waals surface area contributed by atoms with Gasteiger partial charge < -0.3 is 10.4 Å². The van der Waals surface area contributed by atoms with Crippen LogP contribution in [0.5, 0.6) is 0 Å². The summed E-state index contributed by atoms with van der Waals surface area (Å²) in [5.74, 6) is -1.39. The molecular formula is C10H10Cl2FNO2. The van der Waals surface area contributed by atoms with Crippen molar-refractivity contribution in [2.45, 2.75) is 6.04 Å². The van der Waals surface area contributed by atoms with E-state index in [9.17, 15) is 9.18 Å². The highest BCUT2D eigenvalue weighted by atomic mass is 35.5. The summed E-state index contributed by atoms with van der Waals surface area (Å²) in [5, 5.41) is 11.4. The molecule has 0 saturated carbocycles. The maximum atomic E-state index is 13.6. The molecule has 0 unspecified atom stereocenters. The van der Waals surface area contributed by atoms with Crippen LogP contribution >= 0.6 is 23.2 Å². The molecule has 1 aromatic rings. The van der Waals surface area contributed by atoms with Crippen LogP contribution in [-0.4, -0.2) is 23.5 Å². The number of halogens is 3. The van der Waals surface area contributed by atoms with Crippen molar-refractivity contribution in [2.24, 2.45) is 0 Å². The standard InChI is InChI=1S/C10H10Cl2FNO2/c11-4-9(16)14-8(5-15)6-2-1-3-7(12)10(6)13/h1-3,8,15H,4-5H2,(H,14,16)/t8-/m1/s1. The second-order valence-electron chi connectivity index (χ2n) is 3.08. The highest BCUT2D eigenvalue weighted by Gasteiger charge is 2.18. The average Bonchev–Trinajstić information content (AvgIpc) is 2.29. The number of alkyl halides is 1. The lowest BCUT2D eigenvalue weighted by Crippen LogP contribution is -2.32. The van der Waals surface area contributed by atoms with E-state index in [2.05, 4.69) is 5.32 Å². The molecule has 88 valence electrons. The van der Waals surface area contributed by atoms with Gasteiger partial charge in [-0.2, -0.15) is 0 Å². The minimum absolute atomic E-state index is 0.0592. The van der Waals surface area contributed by atoms with Gasteiger partial charge in [-0.05, 0) is 6.07 Å². The first-order chi connectivity index (χ1) is 7.60. The van der Waals surface area contributed by atoms with E-state index in [-0.39, 0.29) is 16.5 Å². The lowest BCUT2D eigenvalue weighted by molar-refractivity contribution is -0.119. The van der Waals surface area contributed by atoms with Crippen LogP contribution in [0.15, 0.2) is 18.2 Å². The van der Waals surface area contributed by atoms with Crippen molar-refractivity contribution in [1.82, 2.24) is 5.32 Å². The zero-order valence-corrected chi connectivity index (χ0v) is 9.72. The number of amides is 1. The lowest BCUT2D eigenvalue weighted by atomic mass is 10.1.